The van der Waals surface area contributed by atoms with Crippen LogP contribution in [-0.4, -0.2) is 11.9 Å². The molecule has 4 nitrogen and oxygen atoms in total. The van der Waals surface area contributed by atoms with E-state index in [2.05, 4.69) is 0 Å². The van der Waals surface area contributed by atoms with E-state index in [9.17, 15) is 19.8 Å². The Morgan fingerprint density at radius 1 is 0.933 bits per heavy atom. The average molecular weight is 254 g/mol. The van der Waals surface area contributed by atoms with Gasteiger partial charge in [-0.25, -0.2) is 0 Å². The van der Waals surface area contributed by atoms with Gasteiger partial charge >= 0.3 is 17.1 Å². The Bertz CT molecular complexity index is 197. The van der Waals surface area contributed by atoms with E-state index in [4.69, 9.17) is 0 Å². The predicted molar refractivity (Wildman–Crippen MR) is 48.9 cm³/mol. The van der Waals surface area contributed by atoms with Gasteiger partial charge in [0.1, 0.15) is 0 Å². The second-order valence-electron chi connectivity index (χ2n) is 2.26. The summed E-state index contributed by atoms with van der Waals surface area (Å²) in [7, 11) is 0. The molecule has 0 aromatic heterocycles. The van der Waals surface area contributed by atoms with Crippen LogP contribution in [0.25, 0.3) is 0 Å². The van der Waals surface area contributed by atoms with Crippen LogP contribution in [0.15, 0.2) is 24.3 Å². The van der Waals surface area contributed by atoms with Gasteiger partial charge in [0.2, 0.25) is 0 Å². The molecule has 86 valence electrons. The summed E-state index contributed by atoms with van der Waals surface area (Å²) in [6.07, 6.45) is 6.62. The smallest absolute Gasteiger partial charge is 0.545 e. The average Bonchev–Trinajstić information content (AvgIpc) is 2.12. The Morgan fingerprint density at radius 2 is 1.20 bits per heavy atom. The van der Waals surface area contributed by atoms with E-state index >= 15 is 0 Å². The zero-order valence-corrected chi connectivity index (χ0v) is 9.81. The summed E-state index contributed by atoms with van der Waals surface area (Å²) in [5.74, 6) is -2.25. The van der Waals surface area contributed by atoms with Crippen molar-refractivity contribution in [3.63, 3.8) is 0 Å². The van der Waals surface area contributed by atoms with Crippen LogP contribution >= 0.6 is 0 Å². The Kier molecular flexibility index (Phi) is 20.0. The van der Waals surface area contributed by atoms with Crippen molar-refractivity contribution >= 4 is 11.9 Å². The maximum atomic E-state index is 9.56. The molecule has 0 aliphatic heterocycles. The molecule has 0 saturated heterocycles. The van der Waals surface area contributed by atoms with Crippen molar-refractivity contribution in [3.8, 4) is 0 Å². The van der Waals surface area contributed by atoms with Crippen LogP contribution in [0, 0.1) is 0 Å². The third kappa shape index (κ3) is 32.2. The second kappa shape index (κ2) is 15.4. The fraction of sp³-hybridized carbons (Fsp3) is 0.400. The van der Waals surface area contributed by atoms with E-state index in [0.29, 0.717) is 0 Å². The van der Waals surface area contributed by atoms with Crippen LogP contribution in [0.4, 0.5) is 0 Å². The first kappa shape index (κ1) is 19.5. The van der Waals surface area contributed by atoms with Crippen molar-refractivity contribution in [2.24, 2.45) is 0 Å². The SMILES string of the molecule is CCC=CC(=O)[O-].CCC=CC(=O)[O-].[Fe+2]. The van der Waals surface area contributed by atoms with Gasteiger partial charge in [-0.15, -0.1) is 0 Å². The number of carbonyl (C=O) groups excluding carboxylic acids is 2. The maximum absolute atomic E-state index is 9.56. The molecule has 0 saturated carbocycles. The Hall–Kier alpha value is -1.06. The van der Waals surface area contributed by atoms with Crippen LogP contribution in [0.1, 0.15) is 26.7 Å². The molecule has 0 atom stereocenters. The van der Waals surface area contributed by atoms with Crippen molar-refractivity contribution in [3.05, 3.63) is 24.3 Å². The number of aliphatic carboxylic acids is 2. The molecule has 0 fully saturated rings. The van der Waals surface area contributed by atoms with E-state index in [1.165, 1.54) is 12.2 Å². The molecular weight excluding hydrogens is 240 g/mol. The van der Waals surface area contributed by atoms with Crippen molar-refractivity contribution in [1.82, 2.24) is 0 Å². The topological polar surface area (TPSA) is 80.3 Å². The number of hydrogen-bond acceptors (Lipinski definition) is 4. The van der Waals surface area contributed by atoms with E-state index in [0.717, 1.165) is 25.0 Å². The molecule has 5 heteroatoms. The van der Waals surface area contributed by atoms with Gasteiger partial charge in [-0.3, -0.25) is 0 Å². The first-order chi connectivity index (χ1) is 6.54. The quantitative estimate of drug-likeness (QED) is 0.495. The van der Waals surface area contributed by atoms with Gasteiger partial charge < -0.3 is 19.8 Å². The van der Waals surface area contributed by atoms with Crippen LogP contribution in [0.2, 0.25) is 0 Å². The molecule has 0 amide bonds. The molecule has 0 aliphatic rings. The van der Waals surface area contributed by atoms with Gasteiger partial charge in [-0.05, 0) is 25.0 Å². The number of carboxylic acids is 2. The molecule has 0 unspecified atom stereocenters. The summed E-state index contributed by atoms with van der Waals surface area (Å²) in [5.41, 5.74) is 0. The number of carboxylic acid groups (broad SMARTS) is 2. The fourth-order valence-corrected chi connectivity index (χ4v) is 0.428. The molecule has 0 radical (unpaired) electrons. The summed E-state index contributed by atoms with van der Waals surface area (Å²) in [5, 5.41) is 19.1. The molecular formula is C10H14FeO4. The van der Waals surface area contributed by atoms with Gasteiger partial charge in [0.25, 0.3) is 0 Å². The zero-order chi connectivity index (χ0) is 11.4. The predicted octanol–water partition coefficient (Wildman–Crippen LogP) is -0.598. The summed E-state index contributed by atoms with van der Waals surface area (Å²) < 4.78 is 0. The Labute approximate surface area is 100 Å². The number of allylic oxidation sites excluding steroid dienone is 2. The summed E-state index contributed by atoms with van der Waals surface area (Å²) in [6, 6.07) is 0. The van der Waals surface area contributed by atoms with E-state index in [1.54, 1.807) is 0 Å². The minimum absolute atomic E-state index is 0. The van der Waals surface area contributed by atoms with Gasteiger partial charge in [-0.1, -0.05) is 26.0 Å². The summed E-state index contributed by atoms with van der Waals surface area (Å²) in [6.45, 7) is 3.72. The second-order valence-corrected chi connectivity index (χ2v) is 2.26. The molecule has 0 aromatic carbocycles. The number of rotatable bonds is 4. The maximum Gasteiger partial charge on any atom is 2.00 e. The van der Waals surface area contributed by atoms with E-state index in [1.807, 2.05) is 13.8 Å². The molecule has 15 heavy (non-hydrogen) atoms. The minimum atomic E-state index is -1.12. The standard InChI is InChI=1S/2C5H8O2.Fe/c2*1-2-3-4-5(6)7;/h2*3-4H,2H2,1H3,(H,6,7);/q;;+2/p-2. The first-order valence-electron chi connectivity index (χ1n) is 4.29. The van der Waals surface area contributed by atoms with Gasteiger partial charge in [0.05, 0.1) is 11.9 Å². The Morgan fingerprint density at radius 3 is 1.27 bits per heavy atom. The molecule has 0 N–H and O–H groups in total. The minimum Gasteiger partial charge on any atom is -0.545 e. The molecule has 0 spiro atoms. The van der Waals surface area contributed by atoms with Crippen LogP contribution in [0.5, 0.6) is 0 Å². The molecule has 0 aliphatic carbocycles. The van der Waals surface area contributed by atoms with Crippen molar-refractivity contribution < 1.29 is 36.9 Å². The van der Waals surface area contributed by atoms with Gasteiger partial charge in [-0.2, -0.15) is 0 Å². The zero-order valence-electron chi connectivity index (χ0n) is 8.71. The van der Waals surface area contributed by atoms with Crippen molar-refractivity contribution in [1.29, 1.82) is 0 Å². The Balaban J connectivity index is -0.000000180. The summed E-state index contributed by atoms with van der Waals surface area (Å²) >= 11 is 0. The van der Waals surface area contributed by atoms with Gasteiger partial charge in [0.15, 0.2) is 0 Å². The van der Waals surface area contributed by atoms with Crippen LogP contribution in [0.3, 0.4) is 0 Å². The fourth-order valence-electron chi connectivity index (χ4n) is 0.428. The first-order valence-corrected chi connectivity index (χ1v) is 4.29. The third-order valence-corrected chi connectivity index (χ3v) is 0.979. The van der Waals surface area contributed by atoms with Crippen LogP contribution in [-0.2, 0) is 26.7 Å². The molecule has 0 bridgehead atoms. The normalized spacial score (nSPS) is 9.20. The molecule has 0 rings (SSSR count). The summed E-state index contributed by atoms with van der Waals surface area (Å²) in [4.78, 5) is 19.1. The monoisotopic (exact) mass is 254 g/mol. The van der Waals surface area contributed by atoms with Gasteiger partial charge in [0, 0.05) is 0 Å². The molecule has 0 heterocycles. The van der Waals surface area contributed by atoms with E-state index in [-0.39, 0.29) is 17.1 Å². The number of carbonyl (C=O) groups is 2. The van der Waals surface area contributed by atoms with Crippen molar-refractivity contribution in [2.45, 2.75) is 26.7 Å². The number of hydrogen-bond donors (Lipinski definition) is 0. The van der Waals surface area contributed by atoms with Crippen molar-refractivity contribution in [2.75, 3.05) is 0 Å². The van der Waals surface area contributed by atoms with Crippen LogP contribution < -0.4 is 10.2 Å². The largest absolute Gasteiger partial charge is 2.00 e. The third-order valence-electron chi connectivity index (χ3n) is 0.979. The molecule has 0 aromatic rings. The van der Waals surface area contributed by atoms with E-state index < -0.39 is 11.9 Å².